The predicted octanol–water partition coefficient (Wildman–Crippen LogP) is 1.53. The Kier molecular flexibility index (Phi) is 5.94. The minimum absolute atomic E-state index is 0.00319. The average molecular weight is 378 g/mol. The van der Waals surface area contributed by atoms with Crippen molar-refractivity contribution in [3.63, 3.8) is 0 Å². The fourth-order valence-corrected chi connectivity index (χ4v) is 3.93. The van der Waals surface area contributed by atoms with Crippen LogP contribution in [0.5, 0.6) is 0 Å². The third kappa shape index (κ3) is 5.60. The standard InChI is InChI=1S/C15H21F3N4O2S/c1-25(23,24)22-7-3-6-13(22)10-21-14(19)20-9-11-4-2-5-12(8-11)15(16,17)18/h2,4-5,8,13H,3,6-7,9-10H2,1H3,(H3,19,20,21)/t13-/m1/s1. The van der Waals surface area contributed by atoms with Gasteiger partial charge in [-0.1, -0.05) is 12.1 Å². The van der Waals surface area contributed by atoms with Gasteiger partial charge in [0.25, 0.3) is 0 Å². The third-order valence-electron chi connectivity index (χ3n) is 3.95. The molecule has 0 unspecified atom stereocenters. The van der Waals surface area contributed by atoms with Crippen molar-refractivity contribution < 1.29 is 21.6 Å². The van der Waals surface area contributed by atoms with E-state index in [4.69, 9.17) is 5.73 Å². The van der Waals surface area contributed by atoms with Gasteiger partial charge in [0, 0.05) is 19.1 Å². The maximum atomic E-state index is 12.7. The first-order valence-corrected chi connectivity index (χ1v) is 9.59. The van der Waals surface area contributed by atoms with Gasteiger partial charge in [-0.3, -0.25) is 0 Å². The number of nitrogens with two attached hydrogens (primary N) is 1. The molecule has 0 radical (unpaired) electrons. The molecule has 1 fully saturated rings. The van der Waals surface area contributed by atoms with Crippen LogP contribution in [0.2, 0.25) is 0 Å². The second-order valence-corrected chi connectivity index (χ2v) is 7.89. The highest BCUT2D eigenvalue weighted by Gasteiger charge is 2.31. The highest BCUT2D eigenvalue weighted by molar-refractivity contribution is 7.88. The molecule has 1 heterocycles. The number of benzene rings is 1. The fourth-order valence-electron chi connectivity index (χ4n) is 2.75. The lowest BCUT2D eigenvalue weighted by molar-refractivity contribution is -0.137. The predicted molar refractivity (Wildman–Crippen MR) is 89.3 cm³/mol. The van der Waals surface area contributed by atoms with Crippen LogP contribution in [-0.2, 0) is 22.7 Å². The Morgan fingerprint density at radius 2 is 2.16 bits per heavy atom. The summed E-state index contributed by atoms with van der Waals surface area (Å²) in [5.41, 5.74) is 5.38. The molecule has 10 heteroatoms. The molecule has 0 amide bonds. The molecule has 0 saturated carbocycles. The highest BCUT2D eigenvalue weighted by Crippen LogP contribution is 2.29. The molecule has 1 atom stereocenters. The zero-order valence-corrected chi connectivity index (χ0v) is 14.6. The van der Waals surface area contributed by atoms with Gasteiger partial charge in [-0.25, -0.2) is 13.4 Å². The summed E-state index contributed by atoms with van der Waals surface area (Å²) in [5.74, 6) is 0.0674. The summed E-state index contributed by atoms with van der Waals surface area (Å²) in [6.07, 6.45) is -1.74. The number of hydrogen-bond donors (Lipinski definition) is 2. The number of aliphatic imine (C=N–C) groups is 1. The zero-order valence-electron chi connectivity index (χ0n) is 13.8. The zero-order chi connectivity index (χ0) is 18.7. The summed E-state index contributed by atoms with van der Waals surface area (Å²) < 4.78 is 62.7. The SMILES string of the molecule is CS(=O)(=O)N1CCC[C@@H]1CNC(N)=NCc1cccc(C(F)(F)F)c1. The van der Waals surface area contributed by atoms with Crippen molar-refractivity contribution >= 4 is 16.0 Å². The van der Waals surface area contributed by atoms with Gasteiger partial charge in [0.05, 0.1) is 18.4 Å². The van der Waals surface area contributed by atoms with Gasteiger partial charge in [0.1, 0.15) is 0 Å². The van der Waals surface area contributed by atoms with Crippen molar-refractivity contribution in [2.75, 3.05) is 19.3 Å². The molecule has 1 aliphatic rings. The molecule has 140 valence electrons. The van der Waals surface area contributed by atoms with Gasteiger partial charge in [0.15, 0.2) is 5.96 Å². The minimum Gasteiger partial charge on any atom is -0.370 e. The van der Waals surface area contributed by atoms with Crippen LogP contribution in [0.1, 0.15) is 24.0 Å². The van der Waals surface area contributed by atoms with Crippen LogP contribution in [-0.4, -0.2) is 44.1 Å². The number of nitrogens with one attached hydrogen (secondary N) is 1. The van der Waals surface area contributed by atoms with Crippen molar-refractivity contribution in [2.45, 2.75) is 31.6 Å². The lowest BCUT2D eigenvalue weighted by atomic mass is 10.1. The lowest BCUT2D eigenvalue weighted by Crippen LogP contribution is -2.44. The van der Waals surface area contributed by atoms with Gasteiger partial charge in [-0.2, -0.15) is 17.5 Å². The number of sulfonamides is 1. The minimum atomic E-state index is -4.40. The molecule has 25 heavy (non-hydrogen) atoms. The number of halogens is 3. The van der Waals surface area contributed by atoms with Crippen molar-refractivity contribution in [3.8, 4) is 0 Å². The first kappa shape index (κ1) is 19.5. The molecule has 6 nitrogen and oxygen atoms in total. The summed E-state index contributed by atoms with van der Waals surface area (Å²) in [7, 11) is -3.27. The number of nitrogens with zero attached hydrogens (tertiary/aromatic N) is 2. The first-order valence-electron chi connectivity index (χ1n) is 7.74. The summed E-state index contributed by atoms with van der Waals surface area (Å²) in [5, 5.41) is 2.84. The molecular weight excluding hydrogens is 357 g/mol. The lowest BCUT2D eigenvalue weighted by Gasteiger charge is -2.22. The van der Waals surface area contributed by atoms with E-state index in [2.05, 4.69) is 10.3 Å². The summed E-state index contributed by atoms with van der Waals surface area (Å²) in [4.78, 5) is 4.01. The summed E-state index contributed by atoms with van der Waals surface area (Å²) in [6, 6.07) is 4.68. The van der Waals surface area contributed by atoms with Crippen LogP contribution < -0.4 is 11.1 Å². The third-order valence-corrected chi connectivity index (χ3v) is 5.29. The number of hydrogen-bond acceptors (Lipinski definition) is 3. The Labute approximate surface area is 145 Å². The van der Waals surface area contributed by atoms with E-state index in [-0.39, 0.29) is 18.5 Å². The van der Waals surface area contributed by atoms with Gasteiger partial charge < -0.3 is 11.1 Å². The van der Waals surface area contributed by atoms with Crippen LogP contribution in [0.15, 0.2) is 29.3 Å². The van der Waals surface area contributed by atoms with E-state index in [9.17, 15) is 21.6 Å². The van der Waals surface area contributed by atoms with E-state index in [1.54, 1.807) is 0 Å². The van der Waals surface area contributed by atoms with Crippen LogP contribution in [0.4, 0.5) is 13.2 Å². The van der Waals surface area contributed by atoms with E-state index in [0.717, 1.165) is 31.2 Å². The van der Waals surface area contributed by atoms with Crippen molar-refractivity contribution in [1.29, 1.82) is 0 Å². The first-order chi connectivity index (χ1) is 11.6. The largest absolute Gasteiger partial charge is 0.416 e. The number of alkyl halides is 3. The molecule has 1 aromatic rings. The molecule has 0 spiro atoms. The van der Waals surface area contributed by atoms with E-state index >= 15 is 0 Å². The van der Waals surface area contributed by atoms with Crippen molar-refractivity contribution in [1.82, 2.24) is 9.62 Å². The maximum Gasteiger partial charge on any atom is 0.416 e. The van der Waals surface area contributed by atoms with E-state index in [0.29, 0.717) is 18.7 Å². The number of guanidine groups is 1. The van der Waals surface area contributed by atoms with Crippen LogP contribution >= 0.6 is 0 Å². The van der Waals surface area contributed by atoms with Gasteiger partial charge in [0.2, 0.25) is 10.0 Å². The second-order valence-electron chi connectivity index (χ2n) is 5.95. The Balaban J connectivity index is 1.92. The van der Waals surface area contributed by atoms with Crippen LogP contribution in [0.3, 0.4) is 0 Å². The maximum absolute atomic E-state index is 12.7. The summed E-state index contributed by atoms with van der Waals surface area (Å²) >= 11 is 0. The van der Waals surface area contributed by atoms with Gasteiger partial charge >= 0.3 is 6.18 Å². The normalized spacial score (nSPS) is 20.0. The highest BCUT2D eigenvalue weighted by atomic mass is 32.2. The van der Waals surface area contributed by atoms with E-state index in [1.807, 2.05) is 0 Å². The number of rotatable bonds is 5. The van der Waals surface area contributed by atoms with Crippen LogP contribution in [0.25, 0.3) is 0 Å². The van der Waals surface area contributed by atoms with E-state index in [1.165, 1.54) is 16.4 Å². The molecule has 1 saturated heterocycles. The molecule has 1 aromatic carbocycles. The van der Waals surface area contributed by atoms with Crippen molar-refractivity contribution in [2.24, 2.45) is 10.7 Å². The van der Waals surface area contributed by atoms with Crippen molar-refractivity contribution in [3.05, 3.63) is 35.4 Å². The monoisotopic (exact) mass is 378 g/mol. The van der Waals surface area contributed by atoms with Crippen LogP contribution in [0, 0.1) is 0 Å². The molecular formula is C15H21F3N4O2S. The molecule has 1 aliphatic heterocycles. The molecule has 0 aliphatic carbocycles. The van der Waals surface area contributed by atoms with E-state index < -0.39 is 21.8 Å². The quantitative estimate of drug-likeness (QED) is 0.601. The molecule has 0 aromatic heterocycles. The topological polar surface area (TPSA) is 87.8 Å². The molecule has 3 N–H and O–H groups in total. The second kappa shape index (κ2) is 7.61. The van der Waals surface area contributed by atoms with Gasteiger partial charge in [-0.15, -0.1) is 0 Å². The Bertz CT molecular complexity index is 735. The molecule has 0 bridgehead atoms. The average Bonchev–Trinajstić information content (AvgIpc) is 2.99. The Morgan fingerprint density at radius 1 is 1.44 bits per heavy atom. The Hall–Kier alpha value is -1.81. The smallest absolute Gasteiger partial charge is 0.370 e. The van der Waals surface area contributed by atoms with Gasteiger partial charge in [-0.05, 0) is 30.5 Å². The molecule has 2 rings (SSSR count). The fraction of sp³-hybridized carbons (Fsp3) is 0.533. The summed E-state index contributed by atoms with van der Waals surface area (Å²) in [6.45, 7) is 0.792. The Morgan fingerprint density at radius 3 is 2.80 bits per heavy atom.